The summed E-state index contributed by atoms with van der Waals surface area (Å²) >= 11 is 3.61. The van der Waals surface area contributed by atoms with Crippen molar-refractivity contribution in [2.75, 3.05) is 44.8 Å². The summed E-state index contributed by atoms with van der Waals surface area (Å²) in [4.78, 5) is 16.8. The number of halogens is 1. The fraction of sp³-hybridized carbons (Fsp3) is 0.261. The van der Waals surface area contributed by atoms with Gasteiger partial charge in [-0.15, -0.1) is 0 Å². The summed E-state index contributed by atoms with van der Waals surface area (Å²) in [6.45, 7) is 2.98. The lowest BCUT2D eigenvalue weighted by Crippen LogP contribution is -2.50. The van der Waals surface area contributed by atoms with E-state index in [1.54, 1.807) is 7.11 Å². The number of rotatable bonds is 5. The van der Waals surface area contributed by atoms with Crippen LogP contribution in [0, 0.1) is 0 Å². The molecule has 3 aromatic rings. The lowest BCUT2D eigenvalue weighted by Gasteiger charge is -2.36. The van der Waals surface area contributed by atoms with Gasteiger partial charge in [-0.3, -0.25) is 4.79 Å². The van der Waals surface area contributed by atoms with Crippen LogP contribution in [0.5, 0.6) is 11.5 Å². The number of benzene rings is 3. The lowest BCUT2D eigenvalue weighted by atomic mass is 10.1. The third-order valence-corrected chi connectivity index (χ3v) is 6.05. The molecule has 0 aromatic heterocycles. The Bertz CT molecular complexity index is 1020. The highest BCUT2D eigenvalue weighted by Gasteiger charge is 2.22. The largest absolute Gasteiger partial charge is 0.497 e. The first kappa shape index (κ1) is 19.6. The van der Waals surface area contributed by atoms with E-state index >= 15 is 0 Å². The second kappa shape index (κ2) is 8.74. The molecule has 0 saturated carbocycles. The summed E-state index contributed by atoms with van der Waals surface area (Å²) in [7, 11) is 1.67. The zero-order chi connectivity index (χ0) is 20.2. The van der Waals surface area contributed by atoms with Crippen LogP contribution in [-0.4, -0.2) is 50.7 Å². The quantitative estimate of drug-likeness (QED) is 0.574. The number of hydrogen-bond donors (Lipinski definition) is 0. The molecule has 1 saturated heterocycles. The highest BCUT2D eigenvalue weighted by molar-refractivity contribution is 9.10. The Labute approximate surface area is 178 Å². The Morgan fingerprint density at radius 3 is 2.59 bits per heavy atom. The van der Waals surface area contributed by atoms with Gasteiger partial charge in [-0.2, -0.15) is 0 Å². The average Bonchev–Trinajstić information content (AvgIpc) is 2.79. The van der Waals surface area contributed by atoms with Gasteiger partial charge in [0, 0.05) is 37.9 Å². The van der Waals surface area contributed by atoms with Gasteiger partial charge in [-0.25, -0.2) is 0 Å². The van der Waals surface area contributed by atoms with Gasteiger partial charge in [0.1, 0.15) is 11.5 Å². The molecule has 0 radical (unpaired) electrons. The van der Waals surface area contributed by atoms with Gasteiger partial charge >= 0.3 is 0 Å². The van der Waals surface area contributed by atoms with Gasteiger partial charge < -0.3 is 19.3 Å². The van der Waals surface area contributed by atoms with E-state index < -0.39 is 0 Å². The molecular weight excluding hydrogens is 432 g/mol. The normalized spacial score (nSPS) is 14.1. The van der Waals surface area contributed by atoms with E-state index in [0.29, 0.717) is 18.8 Å². The number of carbonyl (C=O) groups is 1. The van der Waals surface area contributed by atoms with Crippen LogP contribution in [0.15, 0.2) is 65.1 Å². The Hall–Kier alpha value is -2.73. The van der Waals surface area contributed by atoms with Gasteiger partial charge in [0.15, 0.2) is 6.61 Å². The number of anilines is 1. The second-order valence-corrected chi connectivity index (χ2v) is 7.75. The number of nitrogens with zero attached hydrogens (tertiary/aromatic N) is 2. The van der Waals surface area contributed by atoms with E-state index in [1.807, 2.05) is 53.4 Å². The van der Waals surface area contributed by atoms with E-state index in [4.69, 9.17) is 9.47 Å². The number of amides is 1. The molecule has 29 heavy (non-hydrogen) atoms. The van der Waals surface area contributed by atoms with Crippen LogP contribution in [0.4, 0.5) is 5.69 Å². The van der Waals surface area contributed by atoms with E-state index in [2.05, 4.69) is 33.0 Å². The molecular formula is C23H23BrN2O3. The molecule has 0 bridgehead atoms. The van der Waals surface area contributed by atoms with E-state index in [0.717, 1.165) is 39.8 Å². The minimum atomic E-state index is 0.00958. The highest BCUT2D eigenvalue weighted by atomic mass is 79.9. The van der Waals surface area contributed by atoms with Crippen molar-refractivity contribution in [3.63, 3.8) is 0 Å². The fourth-order valence-corrected chi connectivity index (χ4v) is 4.18. The number of carbonyl (C=O) groups excluding carboxylic acids is 1. The van der Waals surface area contributed by atoms with Crippen LogP contribution in [-0.2, 0) is 4.79 Å². The second-order valence-electron chi connectivity index (χ2n) is 6.96. The molecule has 1 heterocycles. The average molecular weight is 455 g/mol. The molecule has 1 aliphatic heterocycles. The minimum Gasteiger partial charge on any atom is -0.497 e. The Balaban J connectivity index is 1.34. The smallest absolute Gasteiger partial charge is 0.260 e. The molecule has 0 N–H and O–H groups in total. The first-order valence-corrected chi connectivity index (χ1v) is 10.4. The van der Waals surface area contributed by atoms with Crippen LogP contribution in [0.2, 0.25) is 0 Å². The maximum absolute atomic E-state index is 12.6. The van der Waals surface area contributed by atoms with Gasteiger partial charge in [-0.05, 0) is 44.9 Å². The topological polar surface area (TPSA) is 42.0 Å². The van der Waals surface area contributed by atoms with Crippen LogP contribution < -0.4 is 14.4 Å². The monoisotopic (exact) mass is 454 g/mol. The van der Waals surface area contributed by atoms with Crippen molar-refractivity contribution in [2.45, 2.75) is 0 Å². The molecule has 1 amide bonds. The molecule has 4 rings (SSSR count). The summed E-state index contributed by atoms with van der Waals surface area (Å²) in [6.07, 6.45) is 0. The molecule has 0 atom stereocenters. The maximum Gasteiger partial charge on any atom is 0.260 e. The Morgan fingerprint density at radius 2 is 1.79 bits per heavy atom. The van der Waals surface area contributed by atoms with Crippen LogP contribution >= 0.6 is 15.9 Å². The molecule has 3 aromatic carbocycles. The van der Waals surface area contributed by atoms with Crippen molar-refractivity contribution >= 4 is 38.3 Å². The van der Waals surface area contributed by atoms with Crippen molar-refractivity contribution < 1.29 is 14.3 Å². The van der Waals surface area contributed by atoms with Crippen LogP contribution in [0.25, 0.3) is 10.8 Å². The number of hydrogen-bond acceptors (Lipinski definition) is 4. The summed E-state index contributed by atoms with van der Waals surface area (Å²) < 4.78 is 12.0. The summed E-state index contributed by atoms with van der Waals surface area (Å²) in [5, 5.41) is 2.20. The zero-order valence-corrected chi connectivity index (χ0v) is 17.9. The van der Waals surface area contributed by atoms with Crippen molar-refractivity contribution in [2.24, 2.45) is 0 Å². The number of piperazine rings is 1. The van der Waals surface area contributed by atoms with E-state index in [1.165, 1.54) is 0 Å². The predicted molar refractivity (Wildman–Crippen MR) is 119 cm³/mol. The zero-order valence-electron chi connectivity index (χ0n) is 16.3. The third-order valence-electron chi connectivity index (χ3n) is 5.23. The predicted octanol–water partition coefficient (Wildman–Crippen LogP) is 4.34. The molecule has 1 aliphatic rings. The van der Waals surface area contributed by atoms with Crippen molar-refractivity contribution in [1.29, 1.82) is 0 Å². The summed E-state index contributed by atoms with van der Waals surface area (Å²) in [6, 6.07) is 20.0. The number of ether oxygens (including phenoxy) is 2. The molecule has 5 nitrogen and oxygen atoms in total. The molecule has 0 spiro atoms. The van der Waals surface area contributed by atoms with Gasteiger partial charge in [0.2, 0.25) is 0 Å². The Morgan fingerprint density at radius 1 is 1.00 bits per heavy atom. The minimum absolute atomic E-state index is 0.00958. The third kappa shape index (κ3) is 4.32. The molecule has 0 unspecified atom stereocenters. The molecule has 1 fully saturated rings. The first-order chi connectivity index (χ1) is 14.2. The van der Waals surface area contributed by atoms with E-state index in [-0.39, 0.29) is 12.5 Å². The van der Waals surface area contributed by atoms with E-state index in [9.17, 15) is 4.79 Å². The Kier molecular flexibility index (Phi) is 5.90. The fourth-order valence-electron chi connectivity index (χ4n) is 3.58. The van der Waals surface area contributed by atoms with Crippen molar-refractivity contribution in [3.8, 4) is 11.5 Å². The van der Waals surface area contributed by atoms with Crippen LogP contribution in [0.3, 0.4) is 0 Å². The SMILES string of the molecule is COc1cccc(N2CCN(C(=O)COc3ccc4ccccc4c3Br)CC2)c1. The van der Waals surface area contributed by atoms with Gasteiger partial charge in [0.05, 0.1) is 11.6 Å². The highest BCUT2D eigenvalue weighted by Crippen LogP contribution is 2.33. The van der Waals surface area contributed by atoms with Crippen LogP contribution in [0.1, 0.15) is 0 Å². The standard InChI is InChI=1S/C23H23BrN2O3/c1-28-19-7-4-6-18(15-19)25-11-13-26(14-12-25)22(27)16-29-21-10-9-17-5-2-3-8-20(17)23(21)24/h2-10,15H,11-14,16H2,1H3. The number of methoxy groups -OCH3 is 1. The molecule has 150 valence electrons. The van der Waals surface area contributed by atoms with Crippen molar-refractivity contribution in [1.82, 2.24) is 4.90 Å². The van der Waals surface area contributed by atoms with Gasteiger partial charge in [0.25, 0.3) is 5.91 Å². The molecule has 6 heteroatoms. The van der Waals surface area contributed by atoms with Crippen molar-refractivity contribution in [3.05, 3.63) is 65.1 Å². The maximum atomic E-state index is 12.6. The first-order valence-electron chi connectivity index (χ1n) is 9.62. The lowest BCUT2D eigenvalue weighted by molar-refractivity contribution is -0.133. The molecule has 0 aliphatic carbocycles. The summed E-state index contributed by atoms with van der Waals surface area (Å²) in [5.41, 5.74) is 1.12. The number of fused-ring (bicyclic) bond motifs is 1. The summed E-state index contributed by atoms with van der Waals surface area (Å²) in [5.74, 6) is 1.54. The van der Waals surface area contributed by atoms with Gasteiger partial charge in [-0.1, -0.05) is 36.4 Å².